The summed E-state index contributed by atoms with van der Waals surface area (Å²) in [6.07, 6.45) is 0. The van der Waals surface area contributed by atoms with Crippen LogP contribution in [0.15, 0.2) is 340 Å². The molecule has 21 rings (SSSR count). The number of benzene rings is 15. The zero-order chi connectivity index (χ0) is 66.0. The quantitative estimate of drug-likeness (QED) is 0.152. The molecule has 4 heterocycles. The molecule has 6 nitrogen and oxygen atoms in total. The Morgan fingerprint density at radius 2 is 0.450 bits per heavy atom. The number of rotatable bonds is 8. The minimum absolute atomic E-state index is 0.392. The van der Waals surface area contributed by atoms with Gasteiger partial charge in [0, 0.05) is 43.1 Å². The Labute approximate surface area is 575 Å². The van der Waals surface area contributed by atoms with Crippen LogP contribution < -0.4 is 0 Å². The van der Waals surface area contributed by atoms with Crippen molar-refractivity contribution in [2.45, 2.75) is 10.8 Å². The maximum absolute atomic E-state index is 13.5. The number of hydrogen-bond donors (Lipinski definition) is 0. The summed E-state index contributed by atoms with van der Waals surface area (Å²) in [6.45, 7) is 0. The first kappa shape index (κ1) is 55.7. The second-order valence-corrected chi connectivity index (χ2v) is 26.6. The molecule has 0 radical (unpaired) electrons. The van der Waals surface area contributed by atoms with E-state index < -0.39 is 10.8 Å². The molecular formula is C94H56N6. The predicted molar refractivity (Wildman–Crippen MR) is 408 cm³/mol. The van der Waals surface area contributed by atoms with Gasteiger partial charge in [0.15, 0.2) is 0 Å². The van der Waals surface area contributed by atoms with Gasteiger partial charge in [-0.25, -0.2) is 0 Å². The van der Waals surface area contributed by atoms with Crippen molar-refractivity contribution in [2.24, 2.45) is 0 Å². The van der Waals surface area contributed by atoms with E-state index in [9.17, 15) is 10.5 Å². The van der Waals surface area contributed by atoms with Gasteiger partial charge in [-0.2, -0.15) is 10.5 Å². The zero-order valence-corrected chi connectivity index (χ0v) is 54.0. The lowest BCUT2D eigenvalue weighted by Gasteiger charge is -2.34. The molecule has 0 atom stereocenters. The number of nitriles is 2. The Bertz CT molecular complexity index is 6190. The van der Waals surface area contributed by atoms with Gasteiger partial charge in [-0.15, -0.1) is 0 Å². The molecule has 0 bridgehead atoms. The van der Waals surface area contributed by atoms with Gasteiger partial charge in [-0.1, -0.05) is 291 Å². The van der Waals surface area contributed by atoms with Crippen LogP contribution in [0.4, 0.5) is 0 Å². The molecule has 0 saturated heterocycles. The molecule has 100 heavy (non-hydrogen) atoms. The van der Waals surface area contributed by atoms with Crippen molar-refractivity contribution in [3.05, 3.63) is 395 Å². The Balaban J connectivity index is 1.01. The highest BCUT2D eigenvalue weighted by Crippen LogP contribution is 2.62. The smallest absolute Gasteiger partial charge is 0.104 e. The molecule has 6 heteroatoms. The number of para-hydroxylation sites is 6. The molecule has 4 aromatic heterocycles. The molecule has 0 spiro atoms. The Morgan fingerprint density at radius 3 is 0.750 bits per heavy atom. The van der Waals surface area contributed by atoms with E-state index >= 15 is 0 Å². The third-order valence-electron chi connectivity index (χ3n) is 22.2. The lowest BCUT2D eigenvalue weighted by Crippen LogP contribution is -2.28. The monoisotopic (exact) mass is 1270 g/mol. The van der Waals surface area contributed by atoms with Crippen LogP contribution in [0.5, 0.6) is 0 Å². The van der Waals surface area contributed by atoms with Gasteiger partial charge in [-0.05, 0) is 115 Å². The van der Waals surface area contributed by atoms with E-state index in [0.29, 0.717) is 33.9 Å². The molecule has 0 unspecified atom stereocenters. The van der Waals surface area contributed by atoms with Gasteiger partial charge in [0.05, 0.1) is 77.7 Å². The SMILES string of the molecule is N#Cc1c(-n2c3ccccc3c3ccccc32)c(-n2c3ccccc3c3c4c(ccc32)-c2ccccc2C4(c2ccccc2)c2ccccc2)c(C#N)c(-n2c3ccccc3c3ccccc32)c1-n1c2ccccc2c2c3c(ccc21)-c1ccccc1C3(c1ccccc1)c1ccccc1. The van der Waals surface area contributed by atoms with Crippen LogP contribution in [-0.4, -0.2) is 18.3 Å². The average molecular weight is 1270 g/mol. The highest BCUT2D eigenvalue weighted by molar-refractivity contribution is 6.20. The fourth-order valence-electron chi connectivity index (χ4n) is 18.6. The molecule has 15 aromatic carbocycles. The number of fused-ring (bicyclic) bond motifs is 20. The Morgan fingerprint density at radius 1 is 0.210 bits per heavy atom. The largest absolute Gasteiger partial charge is 0.306 e. The molecule has 0 N–H and O–H groups in total. The van der Waals surface area contributed by atoms with Crippen molar-refractivity contribution < 1.29 is 0 Å². The molecule has 2 aliphatic carbocycles. The van der Waals surface area contributed by atoms with Gasteiger partial charge >= 0.3 is 0 Å². The van der Waals surface area contributed by atoms with E-state index in [1.165, 1.54) is 22.3 Å². The second-order valence-electron chi connectivity index (χ2n) is 26.6. The molecule has 0 amide bonds. The number of aromatic nitrogens is 4. The van der Waals surface area contributed by atoms with Crippen LogP contribution in [0.25, 0.3) is 132 Å². The highest BCUT2D eigenvalue weighted by Gasteiger charge is 2.50. The van der Waals surface area contributed by atoms with E-state index in [0.717, 1.165) is 132 Å². The maximum Gasteiger partial charge on any atom is 0.104 e. The van der Waals surface area contributed by atoms with Crippen molar-refractivity contribution in [3.63, 3.8) is 0 Å². The molecule has 0 aliphatic heterocycles. The van der Waals surface area contributed by atoms with Gasteiger partial charge in [0.2, 0.25) is 0 Å². The molecule has 462 valence electrons. The summed E-state index contributed by atoms with van der Waals surface area (Å²) in [7, 11) is 0. The van der Waals surface area contributed by atoms with E-state index in [2.05, 4.69) is 370 Å². The standard InChI is InChI=1S/C94H56N6/c95-57-73-90(98-79-49-25-17-41-67(79)68-42-18-26-50-80(68)98)92(100-82-52-28-20-44-72(82)86-84(100)56-54-70-64-38-14-22-46-76(64)94(88(70)86,61-33-9-3-10-34-61)62-35-11-4-12-36-62)74(58-96)89(97-77-47-23-15-39-65(77)66-40-16-24-48-78(66)97)91(73)99-81-51-27-19-43-71(81)85-83(99)55-53-69-63-37-13-21-45-75(63)93(87(69)85,59-29-5-1-6-30-59)60-31-7-2-8-32-60/h1-56H. The first-order valence-corrected chi connectivity index (χ1v) is 34.2. The predicted octanol–water partition coefficient (Wildman–Crippen LogP) is 22.5. The van der Waals surface area contributed by atoms with Crippen LogP contribution in [0, 0.1) is 22.7 Å². The normalized spacial score (nSPS) is 13.3. The van der Waals surface area contributed by atoms with Crippen molar-refractivity contribution in [2.75, 3.05) is 0 Å². The third-order valence-corrected chi connectivity index (χ3v) is 22.2. The van der Waals surface area contributed by atoms with Crippen LogP contribution in [-0.2, 0) is 10.8 Å². The Hall–Kier alpha value is -13.5. The Kier molecular flexibility index (Phi) is 11.7. The van der Waals surface area contributed by atoms with E-state index in [1.54, 1.807) is 0 Å². The van der Waals surface area contributed by atoms with Crippen LogP contribution in [0.3, 0.4) is 0 Å². The fourth-order valence-corrected chi connectivity index (χ4v) is 18.6. The topological polar surface area (TPSA) is 67.3 Å². The zero-order valence-electron chi connectivity index (χ0n) is 54.0. The van der Waals surface area contributed by atoms with Crippen LogP contribution in [0.1, 0.15) is 55.6 Å². The minimum atomic E-state index is -0.789. The molecule has 2 aliphatic rings. The van der Waals surface area contributed by atoms with Gasteiger partial charge in [0.25, 0.3) is 0 Å². The molecule has 0 saturated carbocycles. The fraction of sp³-hybridized carbons (Fsp3) is 0.0213. The number of nitrogens with zero attached hydrogens (tertiary/aromatic N) is 6. The van der Waals surface area contributed by atoms with Crippen LogP contribution >= 0.6 is 0 Å². The van der Waals surface area contributed by atoms with Crippen molar-refractivity contribution in [1.29, 1.82) is 10.5 Å². The first-order chi connectivity index (χ1) is 49.6. The van der Waals surface area contributed by atoms with Gasteiger partial charge in [-0.3, -0.25) is 0 Å². The summed E-state index contributed by atoms with van der Waals surface area (Å²) in [5.74, 6) is 0. The van der Waals surface area contributed by atoms with Crippen molar-refractivity contribution in [3.8, 4) is 57.1 Å². The number of hydrogen-bond acceptors (Lipinski definition) is 2. The molecule has 0 fully saturated rings. The van der Waals surface area contributed by atoms with Crippen LogP contribution in [0.2, 0.25) is 0 Å². The summed E-state index contributed by atoms with van der Waals surface area (Å²) in [5.41, 5.74) is 22.7. The lowest BCUT2D eigenvalue weighted by molar-refractivity contribution is 0.776. The third kappa shape index (κ3) is 7.07. The summed E-state index contributed by atoms with van der Waals surface area (Å²) < 4.78 is 9.33. The van der Waals surface area contributed by atoms with Crippen molar-refractivity contribution >= 4 is 87.2 Å². The minimum Gasteiger partial charge on any atom is -0.306 e. The summed E-state index contributed by atoms with van der Waals surface area (Å²) in [6, 6.07) is 129. The second kappa shape index (κ2) is 21.0. The van der Waals surface area contributed by atoms with E-state index in [1.807, 2.05) is 0 Å². The van der Waals surface area contributed by atoms with E-state index in [4.69, 9.17) is 0 Å². The van der Waals surface area contributed by atoms with E-state index in [-0.39, 0.29) is 0 Å². The summed E-state index contributed by atoms with van der Waals surface area (Å²) in [5, 5.41) is 35.2. The molecule has 19 aromatic rings. The summed E-state index contributed by atoms with van der Waals surface area (Å²) >= 11 is 0. The van der Waals surface area contributed by atoms with Crippen molar-refractivity contribution in [1.82, 2.24) is 18.3 Å². The highest BCUT2D eigenvalue weighted by atomic mass is 15.1. The summed E-state index contributed by atoms with van der Waals surface area (Å²) in [4.78, 5) is 0. The lowest BCUT2D eigenvalue weighted by atomic mass is 9.67. The average Bonchev–Trinajstić information content (AvgIpc) is 1.51. The van der Waals surface area contributed by atoms with Gasteiger partial charge in [0.1, 0.15) is 23.3 Å². The molecular weight excluding hydrogens is 1210 g/mol. The van der Waals surface area contributed by atoms with Gasteiger partial charge < -0.3 is 18.3 Å². The maximum atomic E-state index is 13.5. The first-order valence-electron chi connectivity index (χ1n) is 34.2.